The first kappa shape index (κ1) is 16.9. The summed E-state index contributed by atoms with van der Waals surface area (Å²) < 4.78 is 0. The van der Waals surface area contributed by atoms with Gasteiger partial charge >= 0.3 is 0 Å². The van der Waals surface area contributed by atoms with E-state index in [2.05, 4.69) is 20.8 Å². The largest absolute Gasteiger partial charge is 0.360 e. The lowest BCUT2D eigenvalue weighted by Gasteiger charge is -2.06. The molecule has 128 valence electrons. The molecule has 3 N–H and O–H groups in total. The highest BCUT2D eigenvalue weighted by molar-refractivity contribution is 6.07. The van der Waals surface area contributed by atoms with Gasteiger partial charge < -0.3 is 10.6 Å². The number of aromatic nitrogens is 2. The third-order valence-corrected chi connectivity index (χ3v) is 3.74. The van der Waals surface area contributed by atoms with E-state index < -0.39 is 5.91 Å². The number of Topliss-reactive ketones (excluding diaryl/α,β-unsaturated/α-hetero) is 1. The predicted octanol–water partition coefficient (Wildman–Crippen LogP) is 3.22. The zero-order valence-electron chi connectivity index (χ0n) is 13.9. The molecular weight excluding hydrogens is 330 g/mol. The van der Waals surface area contributed by atoms with Gasteiger partial charge in [0.2, 0.25) is 0 Å². The average molecular weight is 345 g/mol. The second-order valence-corrected chi connectivity index (χ2v) is 5.57. The topological polar surface area (TPSA) is 111 Å². The molecule has 7 nitrogen and oxygen atoms in total. The molecule has 26 heavy (non-hydrogen) atoms. The van der Waals surface area contributed by atoms with Crippen LogP contribution >= 0.6 is 0 Å². The molecule has 3 rings (SSSR count). The summed E-state index contributed by atoms with van der Waals surface area (Å²) in [7, 11) is 0. The number of rotatable bonds is 5. The van der Waals surface area contributed by atoms with E-state index in [9.17, 15) is 14.9 Å². The van der Waals surface area contributed by atoms with Crippen molar-refractivity contribution in [3.05, 3.63) is 66.0 Å². The fraction of sp³-hybridized carbons (Fsp3) is 0.0526. The highest BCUT2D eigenvalue weighted by Crippen LogP contribution is 2.17. The SMILES string of the molecule is CC(=O)c1ccc(NC(=O)/C(C#N)=C\Nc2ccc3cn[nH]c3c2)cc1. The second kappa shape index (κ2) is 7.32. The normalized spacial score (nSPS) is 11.0. The van der Waals surface area contributed by atoms with Gasteiger partial charge in [0.15, 0.2) is 5.78 Å². The molecule has 0 aliphatic heterocycles. The number of aromatic amines is 1. The van der Waals surface area contributed by atoms with Gasteiger partial charge in [0.05, 0.1) is 11.7 Å². The molecule has 0 bridgehead atoms. The number of amides is 1. The van der Waals surface area contributed by atoms with Gasteiger partial charge in [0.25, 0.3) is 5.91 Å². The zero-order valence-corrected chi connectivity index (χ0v) is 13.9. The number of carbonyl (C=O) groups excluding carboxylic acids is 2. The van der Waals surface area contributed by atoms with Crippen molar-refractivity contribution in [2.75, 3.05) is 10.6 Å². The average Bonchev–Trinajstić information content (AvgIpc) is 3.10. The second-order valence-electron chi connectivity index (χ2n) is 5.57. The van der Waals surface area contributed by atoms with E-state index in [0.29, 0.717) is 16.9 Å². The van der Waals surface area contributed by atoms with E-state index in [1.54, 1.807) is 30.5 Å². The first-order chi connectivity index (χ1) is 12.6. The van der Waals surface area contributed by atoms with Crippen molar-refractivity contribution in [1.29, 1.82) is 5.26 Å². The van der Waals surface area contributed by atoms with Gasteiger partial charge in [-0.2, -0.15) is 10.4 Å². The molecule has 0 atom stereocenters. The maximum Gasteiger partial charge on any atom is 0.267 e. The van der Waals surface area contributed by atoms with Crippen molar-refractivity contribution in [2.45, 2.75) is 6.92 Å². The van der Waals surface area contributed by atoms with Crippen LogP contribution in [0.4, 0.5) is 11.4 Å². The molecule has 0 aliphatic carbocycles. The van der Waals surface area contributed by atoms with Crippen LogP contribution in [0.5, 0.6) is 0 Å². The number of H-pyrrole nitrogens is 1. The lowest BCUT2D eigenvalue weighted by atomic mass is 10.1. The van der Waals surface area contributed by atoms with Crippen molar-refractivity contribution < 1.29 is 9.59 Å². The van der Waals surface area contributed by atoms with E-state index in [1.807, 2.05) is 24.3 Å². The van der Waals surface area contributed by atoms with E-state index in [4.69, 9.17) is 0 Å². The minimum absolute atomic E-state index is 0.0566. The number of hydrogen-bond acceptors (Lipinski definition) is 5. The molecule has 0 aliphatic rings. The van der Waals surface area contributed by atoms with E-state index in [-0.39, 0.29) is 11.4 Å². The standard InChI is InChI=1S/C19H15N5O2/c1-12(25)13-2-5-16(6-3-13)23-19(26)15(9-20)10-21-17-7-4-14-11-22-24-18(14)8-17/h2-8,10-11,21H,1H3,(H,22,24)(H,23,26)/b15-10-. The lowest BCUT2D eigenvalue weighted by molar-refractivity contribution is -0.112. The number of benzene rings is 2. The van der Waals surface area contributed by atoms with Gasteiger partial charge in [-0.15, -0.1) is 0 Å². The van der Waals surface area contributed by atoms with Crippen LogP contribution in [0, 0.1) is 11.3 Å². The van der Waals surface area contributed by atoms with Gasteiger partial charge in [0.1, 0.15) is 11.6 Å². The van der Waals surface area contributed by atoms with Crippen LogP contribution < -0.4 is 10.6 Å². The van der Waals surface area contributed by atoms with Crippen LogP contribution in [0.15, 0.2) is 60.4 Å². The third-order valence-electron chi connectivity index (χ3n) is 3.74. The Morgan fingerprint density at radius 3 is 2.58 bits per heavy atom. The molecular formula is C19H15N5O2. The first-order valence-corrected chi connectivity index (χ1v) is 7.79. The first-order valence-electron chi connectivity index (χ1n) is 7.79. The highest BCUT2D eigenvalue weighted by Gasteiger charge is 2.10. The van der Waals surface area contributed by atoms with Gasteiger partial charge in [-0.1, -0.05) is 0 Å². The number of carbonyl (C=O) groups is 2. The Hall–Kier alpha value is -3.92. The van der Waals surface area contributed by atoms with E-state index in [1.165, 1.54) is 13.1 Å². The molecule has 0 saturated heterocycles. The molecule has 2 aromatic carbocycles. The molecule has 1 heterocycles. The third kappa shape index (κ3) is 3.76. The van der Waals surface area contributed by atoms with Crippen molar-refractivity contribution >= 4 is 34.0 Å². The number of nitrogens with one attached hydrogen (secondary N) is 3. The summed E-state index contributed by atoms with van der Waals surface area (Å²) in [4.78, 5) is 23.5. The predicted molar refractivity (Wildman–Crippen MR) is 98.5 cm³/mol. The molecule has 7 heteroatoms. The maximum atomic E-state index is 12.2. The number of hydrogen-bond donors (Lipinski definition) is 3. The van der Waals surface area contributed by atoms with Crippen molar-refractivity contribution in [3.63, 3.8) is 0 Å². The van der Waals surface area contributed by atoms with Crippen LogP contribution in [0.2, 0.25) is 0 Å². The van der Waals surface area contributed by atoms with Crippen LogP contribution in [0.3, 0.4) is 0 Å². The Kier molecular flexibility index (Phi) is 4.76. The summed E-state index contributed by atoms with van der Waals surface area (Å²) in [6.45, 7) is 1.47. The number of nitriles is 1. The summed E-state index contributed by atoms with van der Waals surface area (Å²) in [6.07, 6.45) is 3.05. The fourth-order valence-electron chi connectivity index (χ4n) is 2.32. The molecule has 0 unspecified atom stereocenters. The fourth-order valence-corrected chi connectivity index (χ4v) is 2.32. The highest BCUT2D eigenvalue weighted by atomic mass is 16.1. The number of ketones is 1. The Labute approximate surface area is 149 Å². The minimum Gasteiger partial charge on any atom is -0.360 e. The quantitative estimate of drug-likeness (QED) is 0.373. The molecule has 0 radical (unpaired) electrons. The summed E-state index contributed by atoms with van der Waals surface area (Å²) in [5, 5.41) is 22.5. The molecule has 3 aromatic rings. The van der Waals surface area contributed by atoms with Crippen molar-refractivity contribution in [2.24, 2.45) is 0 Å². The molecule has 0 saturated carbocycles. The smallest absolute Gasteiger partial charge is 0.267 e. The maximum absolute atomic E-state index is 12.2. The molecule has 0 fully saturated rings. The Bertz CT molecular complexity index is 1040. The Morgan fingerprint density at radius 1 is 1.15 bits per heavy atom. The number of anilines is 2. The summed E-state index contributed by atoms with van der Waals surface area (Å²) in [5.41, 5.74) is 2.53. The summed E-state index contributed by atoms with van der Waals surface area (Å²) in [5.74, 6) is -0.600. The number of fused-ring (bicyclic) bond motifs is 1. The van der Waals surface area contributed by atoms with Gasteiger partial charge in [-0.05, 0) is 49.4 Å². The minimum atomic E-state index is -0.543. The van der Waals surface area contributed by atoms with Crippen molar-refractivity contribution in [1.82, 2.24) is 10.2 Å². The molecule has 1 aromatic heterocycles. The Balaban J connectivity index is 1.70. The number of nitrogens with zero attached hydrogens (tertiary/aromatic N) is 2. The van der Waals surface area contributed by atoms with Crippen molar-refractivity contribution in [3.8, 4) is 6.07 Å². The Morgan fingerprint density at radius 2 is 1.88 bits per heavy atom. The summed E-state index contributed by atoms with van der Waals surface area (Å²) in [6, 6.07) is 13.8. The van der Waals surface area contributed by atoms with E-state index in [0.717, 1.165) is 10.9 Å². The van der Waals surface area contributed by atoms with Gasteiger partial charge in [-0.3, -0.25) is 14.7 Å². The monoisotopic (exact) mass is 345 g/mol. The van der Waals surface area contributed by atoms with Gasteiger partial charge in [0, 0.05) is 28.5 Å². The van der Waals surface area contributed by atoms with Crippen LogP contribution in [-0.4, -0.2) is 21.9 Å². The molecule has 1 amide bonds. The van der Waals surface area contributed by atoms with E-state index >= 15 is 0 Å². The van der Waals surface area contributed by atoms with Crippen LogP contribution in [0.25, 0.3) is 10.9 Å². The lowest BCUT2D eigenvalue weighted by Crippen LogP contribution is -2.14. The van der Waals surface area contributed by atoms with Crippen LogP contribution in [-0.2, 0) is 4.79 Å². The van der Waals surface area contributed by atoms with Gasteiger partial charge in [-0.25, -0.2) is 0 Å². The summed E-state index contributed by atoms with van der Waals surface area (Å²) >= 11 is 0. The zero-order chi connectivity index (χ0) is 18.5. The molecule has 0 spiro atoms. The van der Waals surface area contributed by atoms with Crippen LogP contribution in [0.1, 0.15) is 17.3 Å².